The second-order valence-electron chi connectivity index (χ2n) is 8.94. The van der Waals surface area contributed by atoms with Gasteiger partial charge in [-0.2, -0.15) is 4.98 Å². The average molecular weight is 434 g/mol. The number of rotatable bonds is 5. The van der Waals surface area contributed by atoms with Gasteiger partial charge in [0.1, 0.15) is 18.2 Å². The van der Waals surface area contributed by atoms with E-state index in [1.807, 2.05) is 13.0 Å². The molecule has 0 aliphatic carbocycles. The molecule has 3 aliphatic rings. The van der Waals surface area contributed by atoms with E-state index in [9.17, 15) is 9.18 Å². The lowest BCUT2D eigenvalue weighted by molar-refractivity contribution is 0.290. The third-order valence-electron chi connectivity index (χ3n) is 6.91. The largest absolute Gasteiger partial charge is 0.473 e. The minimum Gasteiger partial charge on any atom is -0.473 e. The fourth-order valence-corrected chi connectivity index (χ4v) is 5.46. The third kappa shape index (κ3) is 3.04. The number of halogens is 1. The van der Waals surface area contributed by atoms with Crippen molar-refractivity contribution < 1.29 is 13.9 Å². The molecule has 2 bridgehead atoms. The van der Waals surface area contributed by atoms with E-state index in [2.05, 4.69) is 14.9 Å². The van der Waals surface area contributed by atoms with E-state index in [1.165, 1.54) is 18.9 Å². The van der Waals surface area contributed by atoms with Crippen molar-refractivity contribution in [3.05, 3.63) is 70.2 Å². The van der Waals surface area contributed by atoms with Crippen molar-refractivity contribution in [3.63, 3.8) is 0 Å². The van der Waals surface area contributed by atoms with Crippen LogP contribution in [0.4, 0.5) is 10.2 Å². The highest BCUT2D eigenvalue weighted by Gasteiger charge is 2.56. The minimum absolute atomic E-state index is 0.0868. The van der Waals surface area contributed by atoms with Gasteiger partial charge < -0.3 is 14.4 Å². The Balaban J connectivity index is 1.18. The van der Waals surface area contributed by atoms with Crippen molar-refractivity contribution in [2.75, 3.05) is 4.90 Å². The van der Waals surface area contributed by atoms with Gasteiger partial charge in [0, 0.05) is 30.1 Å². The van der Waals surface area contributed by atoms with E-state index >= 15 is 0 Å². The van der Waals surface area contributed by atoms with Crippen LogP contribution < -0.4 is 20.1 Å². The van der Waals surface area contributed by atoms with Crippen LogP contribution in [0.25, 0.3) is 0 Å². The number of nitrogens with zero attached hydrogens (tertiary/aromatic N) is 4. The number of aryl methyl sites for hydroxylation is 1. The van der Waals surface area contributed by atoms with E-state index in [1.54, 1.807) is 35.0 Å². The SMILES string of the molecule is Cc1cc(Oc2ccc(COc3cc4n(c(=O)n3)CC35CCC(CC3)N45)cc2F)ccn1. The Hall–Kier alpha value is -3.42. The smallest absolute Gasteiger partial charge is 0.352 e. The zero-order chi connectivity index (χ0) is 21.9. The van der Waals surface area contributed by atoms with Gasteiger partial charge in [0.2, 0.25) is 5.88 Å². The summed E-state index contributed by atoms with van der Waals surface area (Å²) in [4.78, 5) is 23.2. The van der Waals surface area contributed by atoms with Crippen LogP contribution in [0.15, 0.2) is 47.4 Å². The molecule has 0 saturated carbocycles. The highest BCUT2D eigenvalue weighted by atomic mass is 19.1. The van der Waals surface area contributed by atoms with Crippen molar-refractivity contribution in [2.45, 2.75) is 57.3 Å². The molecule has 1 aromatic carbocycles. The molecular weight excluding hydrogens is 411 g/mol. The molecule has 0 amide bonds. The molecule has 2 fully saturated rings. The lowest BCUT2D eigenvalue weighted by Gasteiger charge is -2.27. The standard InChI is InChI=1S/C24H23FN4O3/c1-15-10-18(6-9-26-15)32-20-3-2-16(11-19(20)25)13-31-21-12-22-28(23(30)27-21)14-24-7-4-17(5-8-24)29(22)24/h2-3,6,9-12,17H,4-5,7-8,13-14H2,1H3. The number of benzene rings is 1. The van der Waals surface area contributed by atoms with E-state index in [-0.39, 0.29) is 29.5 Å². The Kier molecular flexibility index (Phi) is 4.25. The molecule has 0 radical (unpaired) electrons. The van der Waals surface area contributed by atoms with Crippen molar-refractivity contribution in [1.29, 1.82) is 0 Å². The van der Waals surface area contributed by atoms with Gasteiger partial charge in [0.05, 0.1) is 12.1 Å². The Morgan fingerprint density at radius 2 is 2.03 bits per heavy atom. The molecule has 6 rings (SSSR count). The van der Waals surface area contributed by atoms with Crippen LogP contribution in [0, 0.1) is 12.7 Å². The number of aromatic nitrogens is 3. The van der Waals surface area contributed by atoms with E-state index in [4.69, 9.17) is 9.47 Å². The second kappa shape index (κ2) is 7.05. The van der Waals surface area contributed by atoms with Gasteiger partial charge in [0.15, 0.2) is 11.6 Å². The first-order valence-electron chi connectivity index (χ1n) is 10.9. The summed E-state index contributed by atoms with van der Waals surface area (Å²) in [5, 5.41) is 0. The van der Waals surface area contributed by atoms with Crippen molar-refractivity contribution in [1.82, 2.24) is 14.5 Å². The van der Waals surface area contributed by atoms with E-state index < -0.39 is 5.82 Å². The summed E-state index contributed by atoms with van der Waals surface area (Å²) in [7, 11) is 0. The number of anilines is 1. The van der Waals surface area contributed by atoms with Crippen LogP contribution in [-0.2, 0) is 13.2 Å². The molecule has 2 aromatic heterocycles. The fourth-order valence-electron chi connectivity index (χ4n) is 5.46. The molecule has 8 heteroatoms. The zero-order valence-corrected chi connectivity index (χ0v) is 17.8. The maximum atomic E-state index is 14.6. The predicted molar refractivity (Wildman–Crippen MR) is 116 cm³/mol. The molecule has 0 spiro atoms. The molecule has 2 saturated heterocycles. The van der Waals surface area contributed by atoms with Crippen molar-refractivity contribution in [2.24, 2.45) is 0 Å². The fraction of sp³-hybridized carbons (Fsp3) is 0.375. The minimum atomic E-state index is -0.488. The van der Waals surface area contributed by atoms with Gasteiger partial charge in [-0.3, -0.25) is 9.55 Å². The first kappa shape index (κ1) is 19.3. The number of fused-ring (bicyclic) bond motifs is 1. The molecule has 7 nitrogen and oxygen atoms in total. The highest BCUT2D eigenvalue weighted by Crippen LogP contribution is 2.53. The van der Waals surface area contributed by atoms with E-state index in [0.29, 0.717) is 23.9 Å². The maximum Gasteiger partial charge on any atom is 0.352 e. The van der Waals surface area contributed by atoms with Gasteiger partial charge in [-0.15, -0.1) is 0 Å². The van der Waals surface area contributed by atoms with E-state index in [0.717, 1.165) is 24.4 Å². The molecule has 0 unspecified atom stereocenters. The molecule has 5 heterocycles. The van der Waals surface area contributed by atoms with Crippen LogP contribution in [0.5, 0.6) is 17.4 Å². The molecule has 3 aliphatic heterocycles. The third-order valence-corrected chi connectivity index (χ3v) is 6.91. The van der Waals surface area contributed by atoms with Gasteiger partial charge in [-0.05, 0) is 56.4 Å². The van der Waals surface area contributed by atoms with Crippen LogP contribution >= 0.6 is 0 Å². The Labute approximate surface area is 184 Å². The van der Waals surface area contributed by atoms with Crippen LogP contribution in [-0.4, -0.2) is 26.1 Å². The van der Waals surface area contributed by atoms with Crippen LogP contribution in [0.1, 0.15) is 36.9 Å². The Morgan fingerprint density at radius 3 is 2.81 bits per heavy atom. The summed E-state index contributed by atoms with van der Waals surface area (Å²) >= 11 is 0. The van der Waals surface area contributed by atoms with Crippen molar-refractivity contribution >= 4 is 5.82 Å². The van der Waals surface area contributed by atoms with Crippen LogP contribution in [0.2, 0.25) is 0 Å². The topological polar surface area (TPSA) is 69.5 Å². The molecular formula is C24H23FN4O3. The number of hydrogen-bond donors (Lipinski definition) is 0. The summed E-state index contributed by atoms with van der Waals surface area (Å²) < 4.78 is 27.8. The maximum absolute atomic E-state index is 14.6. The Bertz CT molecular complexity index is 1270. The van der Waals surface area contributed by atoms with Gasteiger partial charge in [-0.1, -0.05) is 6.07 Å². The summed E-state index contributed by atoms with van der Waals surface area (Å²) in [6.07, 6.45) is 6.23. The summed E-state index contributed by atoms with van der Waals surface area (Å²) in [6, 6.07) is 10.5. The quantitative estimate of drug-likeness (QED) is 0.605. The summed E-state index contributed by atoms with van der Waals surface area (Å²) in [6.45, 7) is 2.67. The number of hydrogen-bond acceptors (Lipinski definition) is 6. The Morgan fingerprint density at radius 1 is 1.19 bits per heavy atom. The summed E-state index contributed by atoms with van der Waals surface area (Å²) in [5.74, 6) is 1.35. The average Bonchev–Trinajstić information content (AvgIpc) is 3.40. The van der Waals surface area contributed by atoms with Crippen molar-refractivity contribution in [3.8, 4) is 17.4 Å². The normalized spacial score (nSPS) is 22.7. The molecule has 32 heavy (non-hydrogen) atoms. The molecule has 3 aromatic rings. The first-order chi connectivity index (χ1) is 15.5. The van der Waals surface area contributed by atoms with Gasteiger partial charge in [0.25, 0.3) is 0 Å². The zero-order valence-electron chi connectivity index (χ0n) is 17.8. The lowest BCUT2D eigenvalue weighted by atomic mass is 9.88. The molecule has 0 N–H and O–H groups in total. The molecule has 164 valence electrons. The van der Waals surface area contributed by atoms with Crippen LogP contribution in [0.3, 0.4) is 0 Å². The first-order valence-corrected chi connectivity index (χ1v) is 10.9. The summed E-state index contributed by atoms with van der Waals surface area (Å²) in [5.41, 5.74) is 1.22. The van der Waals surface area contributed by atoms with Gasteiger partial charge >= 0.3 is 5.69 Å². The number of pyridine rings is 1. The highest BCUT2D eigenvalue weighted by molar-refractivity contribution is 5.54. The predicted octanol–water partition coefficient (Wildman–Crippen LogP) is 3.97. The second-order valence-corrected chi connectivity index (χ2v) is 8.94. The van der Waals surface area contributed by atoms with Gasteiger partial charge in [-0.25, -0.2) is 9.18 Å². The molecule has 0 atom stereocenters. The number of ether oxygens (including phenoxy) is 2. The monoisotopic (exact) mass is 434 g/mol. The lowest BCUT2D eigenvalue weighted by Crippen LogP contribution is -2.38.